The molecule has 0 radical (unpaired) electrons. The number of nitrogens with one attached hydrogen (secondary N) is 1. The molecule has 5 heteroatoms. The van der Waals surface area contributed by atoms with Crippen molar-refractivity contribution < 1.29 is 0 Å². The third-order valence-electron chi connectivity index (χ3n) is 2.62. The largest absolute Gasteiger partial charge is 0.364 e. The predicted octanol–water partition coefficient (Wildman–Crippen LogP) is 2.40. The second kappa shape index (κ2) is 4.70. The van der Waals surface area contributed by atoms with E-state index in [4.69, 9.17) is 11.6 Å². The maximum atomic E-state index is 5.92. The number of alkyl halides is 1. The number of halogens is 1. The zero-order valence-corrected chi connectivity index (χ0v) is 10.1. The molecule has 2 aromatic heterocycles. The van der Waals surface area contributed by atoms with Crippen LogP contribution in [-0.4, -0.2) is 26.5 Å². The summed E-state index contributed by atoms with van der Waals surface area (Å²) >= 11 is 5.92. The highest BCUT2D eigenvalue weighted by Crippen LogP contribution is 2.16. The Kier molecular flexibility index (Phi) is 3.29. The minimum atomic E-state index is 0.218. The molecule has 0 bridgehead atoms. The first-order valence-electron chi connectivity index (χ1n) is 5.33. The van der Waals surface area contributed by atoms with E-state index in [-0.39, 0.29) is 6.04 Å². The van der Waals surface area contributed by atoms with Crippen molar-refractivity contribution in [2.45, 2.75) is 19.9 Å². The number of hydrogen-bond acceptors (Lipinski definition) is 3. The van der Waals surface area contributed by atoms with Crippen LogP contribution in [0.4, 0.5) is 5.82 Å². The van der Waals surface area contributed by atoms with Gasteiger partial charge >= 0.3 is 0 Å². The van der Waals surface area contributed by atoms with Gasteiger partial charge in [0.1, 0.15) is 5.52 Å². The van der Waals surface area contributed by atoms with E-state index in [9.17, 15) is 0 Å². The van der Waals surface area contributed by atoms with E-state index in [1.807, 2.05) is 12.3 Å². The Labute approximate surface area is 99.6 Å². The van der Waals surface area contributed by atoms with E-state index in [1.165, 1.54) is 0 Å². The lowest BCUT2D eigenvalue weighted by atomic mass is 10.1. The molecule has 0 amide bonds. The van der Waals surface area contributed by atoms with E-state index >= 15 is 0 Å². The van der Waals surface area contributed by atoms with Gasteiger partial charge in [0.15, 0.2) is 5.82 Å². The Morgan fingerprint density at radius 3 is 2.94 bits per heavy atom. The molecule has 2 heterocycles. The van der Waals surface area contributed by atoms with Gasteiger partial charge in [0.2, 0.25) is 0 Å². The van der Waals surface area contributed by atoms with Crippen molar-refractivity contribution in [3.63, 3.8) is 0 Å². The summed E-state index contributed by atoms with van der Waals surface area (Å²) in [5.41, 5.74) is 0.971. The van der Waals surface area contributed by atoms with Crippen LogP contribution in [0.1, 0.15) is 13.8 Å². The fourth-order valence-corrected chi connectivity index (χ4v) is 1.96. The number of nitrogens with zero attached hydrogens (tertiary/aromatic N) is 3. The molecule has 0 fully saturated rings. The number of hydrogen-bond donors (Lipinski definition) is 1. The zero-order chi connectivity index (χ0) is 11.5. The maximum absolute atomic E-state index is 5.92. The van der Waals surface area contributed by atoms with Gasteiger partial charge in [-0.15, -0.1) is 11.6 Å². The minimum absolute atomic E-state index is 0.218. The molecule has 0 saturated heterocycles. The predicted molar refractivity (Wildman–Crippen MR) is 66.0 cm³/mol. The summed E-state index contributed by atoms with van der Waals surface area (Å²) in [7, 11) is 0. The van der Waals surface area contributed by atoms with Gasteiger partial charge < -0.3 is 5.32 Å². The van der Waals surface area contributed by atoms with Gasteiger partial charge in [0.05, 0.1) is 6.20 Å². The number of fused-ring (bicyclic) bond motifs is 1. The topological polar surface area (TPSA) is 42.2 Å². The Balaban J connectivity index is 2.29. The van der Waals surface area contributed by atoms with Gasteiger partial charge in [-0.25, -0.2) is 9.50 Å². The second-order valence-electron chi connectivity index (χ2n) is 4.09. The number of rotatable bonds is 4. The van der Waals surface area contributed by atoms with Crippen LogP contribution in [0.2, 0.25) is 0 Å². The summed E-state index contributed by atoms with van der Waals surface area (Å²) in [5.74, 6) is 1.86. The van der Waals surface area contributed by atoms with Crippen LogP contribution < -0.4 is 5.32 Å². The Morgan fingerprint density at radius 1 is 1.44 bits per heavy atom. The summed E-state index contributed by atoms with van der Waals surface area (Å²) in [4.78, 5) is 4.32. The first kappa shape index (κ1) is 11.2. The molecular weight excluding hydrogens is 224 g/mol. The summed E-state index contributed by atoms with van der Waals surface area (Å²) in [6.07, 6.45) is 5.31. The molecule has 2 aromatic rings. The number of aromatic nitrogens is 3. The first-order chi connectivity index (χ1) is 7.72. The molecule has 1 atom stereocenters. The monoisotopic (exact) mass is 238 g/mol. The summed E-state index contributed by atoms with van der Waals surface area (Å²) in [6.45, 7) is 4.27. The van der Waals surface area contributed by atoms with Gasteiger partial charge in [0, 0.05) is 24.3 Å². The molecule has 0 aliphatic heterocycles. The van der Waals surface area contributed by atoms with Crippen molar-refractivity contribution >= 4 is 22.9 Å². The lowest BCUT2D eigenvalue weighted by Gasteiger charge is -2.20. The molecule has 1 unspecified atom stereocenters. The molecule has 16 heavy (non-hydrogen) atoms. The Bertz CT molecular complexity index is 466. The SMILES string of the molecule is CC(C)C(CCl)Nc1nccn2nccc12. The third-order valence-corrected chi connectivity index (χ3v) is 2.95. The van der Waals surface area contributed by atoms with E-state index in [1.54, 1.807) is 16.9 Å². The van der Waals surface area contributed by atoms with Crippen LogP contribution in [0.3, 0.4) is 0 Å². The van der Waals surface area contributed by atoms with Crippen LogP contribution in [0.25, 0.3) is 5.52 Å². The van der Waals surface area contributed by atoms with Crippen molar-refractivity contribution in [2.24, 2.45) is 5.92 Å². The minimum Gasteiger partial charge on any atom is -0.364 e. The molecule has 0 aliphatic rings. The van der Waals surface area contributed by atoms with Gasteiger partial charge in [-0.05, 0) is 12.0 Å². The molecule has 86 valence electrons. The standard InChI is InChI=1S/C11H15ClN4/c1-8(2)9(7-12)15-11-10-3-4-14-16(10)6-5-13-11/h3-6,8-9H,7H2,1-2H3,(H,13,15). The molecular formula is C11H15ClN4. The van der Waals surface area contributed by atoms with Gasteiger partial charge in [-0.3, -0.25) is 0 Å². The third kappa shape index (κ3) is 2.11. The molecule has 0 saturated carbocycles. The van der Waals surface area contributed by atoms with Crippen LogP contribution in [0.5, 0.6) is 0 Å². The van der Waals surface area contributed by atoms with Crippen LogP contribution >= 0.6 is 11.6 Å². The smallest absolute Gasteiger partial charge is 0.152 e. The lowest BCUT2D eigenvalue weighted by molar-refractivity contribution is 0.563. The van der Waals surface area contributed by atoms with E-state index in [0.717, 1.165) is 11.3 Å². The fraction of sp³-hybridized carbons (Fsp3) is 0.455. The molecule has 0 aromatic carbocycles. The highest BCUT2D eigenvalue weighted by molar-refractivity contribution is 6.18. The maximum Gasteiger partial charge on any atom is 0.152 e. The average Bonchev–Trinajstić information content (AvgIpc) is 2.73. The normalized spacial score (nSPS) is 13.2. The Morgan fingerprint density at radius 2 is 2.25 bits per heavy atom. The first-order valence-corrected chi connectivity index (χ1v) is 5.86. The van der Waals surface area contributed by atoms with E-state index in [0.29, 0.717) is 11.8 Å². The van der Waals surface area contributed by atoms with Crippen molar-refractivity contribution in [2.75, 3.05) is 11.2 Å². The van der Waals surface area contributed by atoms with E-state index < -0.39 is 0 Å². The van der Waals surface area contributed by atoms with Gasteiger partial charge in [0.25, 0.3) is 0 Å². The van der Waals surface area contributed by atoms with E-state index in [2.05, 4.69) is 29.2 Å². The van der Waals surface area contributed by atoms with Crippen molar-refractivity contribution in [1.82, 2.24) is 14.6 Å². The van der Waals surface area contributed by atoms with Crippen molar-refractivity contribution in [3.05, 3.63) is 24.7 Å². The fourth-order valence-electron chi connectivity index (χ4n) is 1.53. The van der Waals surface area contributed by atoms with Crippen molar-refractivity contribution in [1.29, 1.82) is 0 Å². The number of anilines is 1. The Hall–Kier alpha value is -1.29. The lowest BCUT2D eigenvalue weighted by Crippen LogP contribution is -2.28. The van der Waals surface area contributed by atoms with Crippen LogP contribution in [-0.2, 0) is 0 Å². The van der Waals surface area contributed by atoms with Gasteiger partial charge in [-0.2, -0.15) is 5.10 Å². The quantitative estimate of drug-likeness (QED) is 0.832. The van der Waals surface area contributed by atoms with Gasteiger partial charge in [-0.1, -0.05) is 13.8 Å². The van der Waals surface area contributed by atoms with Crippen LogP contribution in [0, 0.1) is 5.92 Å². The zero-order valence-electron chi connectivity index (χ0n) is 9.39. The molecule has 2 rings (SSSR count). The summed E-state index contributed by atoms with van der Waals surface area (Å²) in [6, 6.07) is 2.15. The molecule has 4 nitrogen and oxygen atoms in total. The van der Waals surface area contributed by atoms with Crippen molar-refractivity contribution in [3.8, 4) is 0 Å². The summed E-state index contributed by atoms with van der Waals surface area (Å²) in [5, 5.41) is 7.51. The molecule has 0 spiro atoms. The molecule has 0 aliphatic carbocycles. The highest BCUT2D eigenvalue weighted by atomic mass is 35.5. The van der Waals surface area contributed by atoms with Crippen LogP contribution in [0.15, 0.2) is 24.7 Å². The second-order valence-corrected chi connectivity index (χ2v) is 4.39. The highest BCUT2D eigenvalue weighted by Gasteiger charge is 2.13. The average molecular weight is 239 g/mol. The molecule has 1 N–H and O–H groups in total. The summed E-state index contributed by atoms with van der Waals surface area (Å²) < 4.78 is 1.79.